The van der Waals surface area contributed by atoms with Crippen LogP contribution in [0.4, 0.5) is 4.39 Å². The zero-order valence-corrected chi connectivity index (χ0v) is 11.8. The fourth-order valence-corrected chi connectivity index (χ4v) is 2.71. The number of thioether (sulfide) groups is 1. The van der Waals surface area contributed by atoms with Gasteiger partial charge in [0.1, 0.15) is 12.1 Å². The van der Waals surface area contributed by atoms with Crippen LogP contribution in [-0.2, 0) is 5.75 Å². The van der Waals surface area contributed by atoms with Gasteiger partial charge >= 0.3 is 0 Å². The summed E-state index contributed by atoms with van der Waals surface area (Å²) in [5.41, 5.74) is 1.72. The van der Waals surface area contributed by atoms with E-state index in [-0.39, 0.29) is 5.82 Å². The van der Waals surface area contributed by atoms with Gasteiger partial charge in [-0.1, -0.05) is 18.2 Å². The lowest BCUT2D eigenvalue weighted by Crippen LogP contribution is -1.84. The molecule has 2 aromatic rings. The maximum atomic E-state index is 13.1. The van der Waals surface area contributed by atoms with Crippen LogP contribution >= 0.6 is 27.7 Å². The minimum absolute atomic E-state index is 0.251. The van der Waals surface area contributed by atoms with Gasteiger partial charge in [-0.25, -0.2) is 4.39 Å². The van der Waals surface area contributed by atoms with Crippen LogP contribution in [0, 0.1) is 5.82 Å². The van der Waals surface area contributed by atoms with Crippen LogP contribution in [0.1, 0.15) is 15.9 Å². The number of halogens is 2. The molecule has 0 bridgehead atoms. The van der Waals surface area contributed by atoms with Crippen molar-refractivity contribution in [2.45, 2.75) is 10.6 Å². The standard InChI is InChI=1S/C14H10BrFOS/c15-13-7-11(3-6-14(13)16)9-18-12-4-1-10(8-17)2-5-12/h1-8H,9H2. The first-order valence-electron chi connectivity index (χ1n) is 5.31. The van der Waals surface area contributed by atoms with E-state index in [0.29, 0.717) is 10.0 Å². The Labute approximate surface area is 118 Å². The summed E-state index contributed by atoms with van der Waals surface area (Å²) in [6.07, 6.45) is 0.825. The van der Waals surface area contributed by atoms with Gasteiger partial charge in [0.05, 0.1) is 4.47 Å². The zero-order chi connectivity index (χ0) is 13.0. The lowest BCUT2D eigenvalue weighted by atomic mass is 10.2. The smallest absolute Gasteiger partial charge is 0.150 e. The molecular weight excluding hydrogens is 315 g/mol. The highest BCUT2D eigenvalue weighted by Crippen LogP contribution is 2.25. The SMILES string of the molecule is O=Cc1ccc(SCc2ccc(F)c(Br)c2)cc1. The third-order valence-corrected chi connectivity index (χ3v) is 4.10. The van der Waals surface area contributed by atoms with Crippen LogP contribution in [0.3, 0.4) is 0 Å². The number of hydrogen-bond donors (Lipinski definition) is 0. The number of carbonyl (C=O) groups excluding carboxylic acids is 1. The van der Waals surface area contributed by atoms with Gasteiger partial charge in [-0.05, 0) is 45.8 Å². The molecule has 0 aliphatic heterocycles. The summed E-state index contributed by atoms with van der Waals surface area (Å²) in [5, 5.41) is 0. The summed E-state index contributed by atoms with van der Waals surface area (Å²) in [6.45, 7) is 0. The molecule has 0 saturated carbocycles. The Hall–Kier alpha value is -1.13. The van der Waals surface area contributed by atoms with E-state index >= 15 is 0 Å². The monoisotopic (exact) mass is 324 g/mol. The Balaban J connectivity index is 2.01. The fourth-order valence-electron chi connectivity index (χ4n) is 1.44. The second-order valence-corrected chi connectivity index (χ2v) is 5.63. The van der Waals surface area contributed by atoms with Gasteiger partial charge < -0.3 is 0 Å². The van der Waals surface area contributed by atoms with Gasteiger partial charge in [0, 0.05) is 16.2 Å². The molecule has 1 nitrogen and oxygen atoms in total. The summed E-state index contributed by atoms with van der Waals surface area (Å²) >= 11 is 4.82. The first-order valence-corrected chi connectivity index (χ1v) is 7.09. The minimum Gasteiger partial charge on any atom is -0.298 e. The third-order valence-electron chi connectivity index (χ3n) is 2.41. The van der Waals surface area contributed by atoms with Gasteiger partial charge in [-0.2, -0.15) is 0 Å². The molecule has 0 heterocycles. The molecule has 2 rings (SSSR count). The Kier molecular flexibility index (Phi) is 4.55. The van der Waals surface area contributed by atoms with E-state index in [2.05, 4.69) is 15.9 Å². The van der Waals surface area contributed by atoms with Crippen LogP contribution in [0.25, 0.3) is 0 Å². The minimum atomic E-state index is -0.251. The molecule has 0 N–H and O–H groups in total. The molecule has 2 aromatic carbocycles. The lowest BCUT2D eigenvalue weighted by molar-refractivity contribution is 0.112. The number of rotatable bonds is 4. The van der Waals surface area contributed by atoms with Crippen molar-refractivity contribution in [3.05, 3.63) is 63.9 Å². The Morgan fingerprint density at radius 3 is 2.50 bits per heavy atom. The number of carbonyl (C=O) groups is 1. The second kappa shape index (κ2) is 6.16. The molecule has 0 aliphatic carbocycles. The van der Waals surface area contributed by atoms with Crippen molar-refractivity contribution >= 4 is 34.0 Å². The van der Waals surface area contributed by atoms with Crippen molar-refractivity contribution in [2.75, 3.05) is 0 Å². The molecule has 0 aliphatic rings. The lowest BCUT2D eigenvalue weighted by Gasteiger charge is -2.03. The molecule has 0 fully saturated rings. The molecule has 0 aromatic heterocycles. The van der Waals surface area contributed by atoms with Gasteiger partial charge in [-0.3, -0.25) is 4.79 Å². The average Bonchev–Trinajstić information content (AvgIpc) is 2.41. The van der Waals surface area contributed by atoms with Crippen molar-refractivity contribution in [1.29, 1.82) is 0 Å². The molecule has 0 atom stereocenters. The number of hydrogen-bond acceptors (Lipinski definition) is 2. The fraction of sp³-hybridized carbons (Fsp3) is 0.0714. The predicted molar refractivity (Wildman–Crippen MR) is 75.5 cm³/mol. The van der Waals surface area contributed by atoms with E-state index in [1.807, 2.05) is 12.1 Å². The second-order valence-electron chi connectivity index (χ2n) is 3.72. The van der Waals surface area contributed by atoms with Crippen molar-refractivity contribution in [1.82, 2.24) is 0 Å². The van der Waals surface area contributed by atoms with Crippen LogP contribution in [0.2, 0.25) is 0 Å². The number of benzene rings is 2. The summed E-state index contributed by atoms with van der Waals surface area (Å²) in [5.74, 6) is 0.512. The van der Waals surface area contributed by atoms with Gasteiger partial charge in [0.25, 0.3) is 0 Å². The number of aldehydes is 1. The van der Waals surface area contributed by atoms with E-state index in [1.54, 1.807) is 36.0 Å². The molecule has 0 radical (unpaired) electrons. The Morgan fingerprint density at radius 1 is 1.17 bits per heavy atom. The van der Waals surface area contributed by atoms with Gasteiger partial charge in [0.15, 0.2) is 0 Å². The Morgan fingerprint density at radius 2 is 1.89 bits per heavy atom. The van der Waals surface area contributed by atoms with E-state index in [0.717, 1.165) is 22.5 Å². The predicted octanol–water partition coefficient (Wildman–Crippen LogP) is 4.69. The Bertz CT molecular complexity index is 554. The maximum Gasteiger partial charge on any atom is 0.150 e. The molecule has 0 spiro atoms. The van der Waals surface area contributed by atoms with Crippen LogP contribution < -0.4 is 0 Å². The third kappa shape index (κ3) is 3.43. The first kappa shape index (κ1) is 13.3. The molecule has 4 heteroatoms. The molecular formula is C14H10BrFOS. The van der Waals surface area contributed by atoms with E-state index < -0.39 is 0 Å². The zero-order valence-electron chi connectivity index (χ0n) is 9.40. The summed E-state index contributed by atoms with van der Waals surface area (Å²) in [4.78, 5) is 11.6. The molecule has 18 heavy (non-hydrogen) atoms. The van der Waals surface area contributed by atoms with Crippen LogP contribution in [-0.4, -0.2) is 6.29 Å². The highest BCUT2D eigenvalue weighted by molar-refractivity contribution is 9.10. The molecule has 0 amide bonds. The molecule has 0 unspecified atom stereocenters. The highest BCUT2D eigenvalue weighted by atomic mass is 79.9. The van der Waals surface area contributed by atoms with Gasteiger partial charge in [-0.15, -0.1) is 11.8 Å². The normalized spacial score (nSPS) is 10.3. The molecule has 0 saturated heterocycles. The highest BCUT2D eigenvalue weighted by Gasteiger charge is 2.01. The summed E-state index contributed by atoms with van der Waals surface area (Å²) in [6, 6.07) is 12.4. The van der Waals surface area contributed by atoms with E-state index in [9.17, 15) is 9.18 Å². The quantitative estimate of drug-likeness (QED) is 0.599. The van der Waals surface area contributed by atoms with Crippen molar-refractivity contribution < 1.29 is 9.18 Å². The molecule has 92 valence electrons. The van der Waals surface area contributed by atoms with E-state index in [4.69, 9.17) is 0 Å². The van der Waals surface area contributed by atoms with Crippen molar-refractivity contribution in [3.8, 4) is 0 Å². The van der Waals surface area contributed by atoms with Crippen LogP contribution in [0.5, 0.6) is 0 Å². The van der Waals surface area contributed by atoms with Crippen molar-refractivity contribution in [2.24, 2.45) is 0 Å². The summed E-state index contributed by atoms with van der Waals surface area (Å²) in [7, 11) is 0. The largest absolute Gasteiger partial charge is 0.298 e. The van der Waals surface area contributed by atoms with E-state index in [1.165, 1.54) is 6.07 Å². The van der Waals surface area contributed by atoms with Gasteiger partial charge in [0.2, 0.25) is 0 Å². The van der Waals surface area contributed by atoms with Crippen molar-refractivity contribution in [3.63, 3.8) is 0 Å². The average molecular weight is 325 g/mol. The maximum absolute atomic E-state index is 13.1. The van der Waals surface area contributed by atoms with Crippen LogP contribution in [0.15, 0.2) is 51.8 Å². The first-order chi connectivity index (χ1) is 8.69. The topological polar surface area (TPSA) is 17.1 Å². The summed E-state index contributed by atoms with van der Waals surface area (Å²) < 4.78 is 13.5.